The van der Waals surface area contributed by atoms with Crippen molar-refractivity contribution in [3.8, 4) is 0 Å². The monoisotopic (exact) mass is 386 g/mol. The van der Waals surface area contributed by atoms with Crippen LogP contribution in [0.2, 0.25) is 5.02 Å². The number of amides is 1. The highest BCUT2D eigenvalue weighted by atomic mass is 35.5. The molecule has 136 valence electrons. The van der Waals surface area contributed by atoms with Gasteiger partial charge in [-0.05, 0) is 31.7 Å². The summed E-state index contributed by atoms with van der Waals surface area (Å²) in [6.45, 7) is 0.253. The molecule has 24 heavy (non-hydrogen) atoms. The van der Waals surface area contributed by atoms with Crippen LogP contribution in [0.15, 0.2) is 23.1 Å². The van der Waals surface area contributed by atoms with Crippen LogP contribution < -0.4 is 4.72 Å². The maximum absolute atomic E-state index is 12.7. The Hall–Kier alpha value is -1.32. The standard InChI is InChI=1S/C14H18ClF3N2O3S/c1-3-4-7-20(9-14(16,17)18)13(21)11-8-10(5-6-12(11)15)24(22,23)19-2/h5-6,8,19H,3-4,7,9H2,1-2H3. The topological polar surface area (TPSA) is 66.5 Å². The molecule has 0 saturated carbocycles. The first kappa shape index (κ1) is 20.7. The number of alkyl halides is 3. The fourth-order valence-corrected chi connectivity index (χ4v) is 2.90. The largest absolute Gasteiger partial charge is 0.406 e. The van der Waals surface area contributed by atoms with Crippen LogP contribution in [-0.2, 0) is 10.0 Å². The zero-order valence-corrected chi connectivity index (χ0v) is 14.7. The van der Waals surface area contributed by atoms with Gasteiger partial charge in [-0.2, -0.15) is 13.2 Å². The highest BCUT2D eigenvalue weighted by Gasteiger charge is 2.34. The van der Waals surface area contributed by atoms with Crippen LogP contribution in [0.5, 0.6) is 0 Å². The SMILES string of the molecule is CCCCN(CC(F)(F)F)C(=O)c1cc(S(=O)(=O)NC)ccc1Cl. The first-order chi connectivity index (χ1) is 11.0. The van der Waals surface area contributed by atoms with Gasteiger partial charge in [0.25, 0.3) is 5.91 Å². The van der Waals surface area contributed by atoms with Crippen molar-refractivity contribution in [2.24, 2.45) is 0 Å². The number of halogens is 4. The summed E-state index contributed by atoms with van der Waals surface area (Å²) < 4.78 is 63.8. The normalized spacial score (nSPS) is 12.2. The lowest BCUT2D eigenvalue weighted by Gasteiger charge is -2.24. The van der Waals surface area contributed by atoms with E-state index < -0.39 is 28.7 Å². The van der Waals surface area contributed by atoms with Crippen molar-refractivity contribution < 1.29 is 26.4 Å². The Morgan fingerprint density at radius 2 is 1.96 bits per heavy atom. The van der Waals surface area contributed by atoms with E-state index >= 15 is 0 Å². The Balaban J connectivity index is 3.24. The van der Waals surface area contributed by atoms with E-state index in [4.69, 9.17) is 11.6 Å². The number of unbranched alkanes of at least 4 members (excludes halogenated alkanes) is 1. The number of rotatable bonds is 7. The van der Waals surface area contributed by atoms with Crippen molar-refractivity contribution in [1.82, 2.24) is 9.62 Å². The van der Waals surface area contributed by atoms with E-state index in [9.17, 15) is 26.4 Å². The molecule has 0 aromatic heterocycles. The molecule has 0 fully saturated rings. The minimum absolute atomic E-state index is 0.103. The Kier molecular flexibility index (Phi) is 7.06. The second kappa shape index (κ2) is 8.17. The maximum Gasteiger partial charge on any atom is 0.406 e. The molecule has 1 aromatic rings. The molecule has 1 N–H and O–H groups in total. The van der Waals surface area contributed by atoms with Crippen LogP contribution in [0, 0.1) is 0 Å². The lowest BCUT2D eigenvalue weighted by molar-refractivity contribution is -0.140. The summed E-state index contributed by atoms with van der Waals surface area (Å²) in [5.74, 6) is -0.959. The Labute approximate surface area is 143 Å². The maximum atomic E-state index is 12.7. The van der Waals surface area contributed by atoms with Gasteiger partial charge in [-0.1, -0.05) is 24.9 Å². The van der Waals surface area contributed by atoms with E-state index in [0.29, 0.717) is 17.7 Å². The molecule has 10 heteroatoms. The fraction of sp³-hybridized carbons (Fsp3) is 0.500. The highest BCUT2D eigenvalue weighted by Crippen LogP contribution is 2.24. The molecule has 0 aliphatic rings. The van der Waals surface area contributed by atoms with Gasteiger partial charge in [-0.25, -0.2) is 13.1 Å². The number of carbonyl (C=O) groups excluding carboxylic acids is 1. The van der Waals surface area contributed by atoms with Gasteiger partial charge >= 0.3 is 6.18 Å². The third-order valence-corrected chi connectivity index (χ3v) is 4.93. The smallest absolute Gasteiger partial charge is 0.329 e. The summed E-state index contributed by atoms with van der Waals surface area (Å²) in [6.07, 6.45) is -3.58. The van der Waals surface area contributed by atoms with E-state index in [2.05, 4.69) is 4.72 Å². The molecule has 0 aliphatic heterocycles. The van der Waals surface area contributed by atoms with E-state index in [1.54, 1.807) is 6.92 Å². The number of hydrogen-bond acceptors (Lipinski definition) is 3. The average Bonchev–Trinajstić information content (AvgIpc) is 2.50. The molecule has 0 bridgehead atoms. The third-order valence-electron chi connectivity index (χ3n) is 3.19. The van der Waals surface area contributed by atoms with Gasteiger partial charge in [0, 0.05) is 6.54 Å². The van der Waals surface area contributed by atoms with Gasteiger partial charge in [0.05, 0.1) is 15.5 Å². The molecule has 0 radical (unpaired) electrons. The number of benzene rings is 1. The first-order valence-electron chi connectivity index (χ1n) is 7.11. The number of sulfonamides is 1. The van der Waals surface area contributed by atoms with Gasteiger partial charge in [-0.15, -0.1) is 0 Å². The minimum Gasteiger partial charge on any atom is -0.329 e. The van der Waals surface area contributed by atoms with Crippen LogP contribution >= 0.6 is 11.6 Å². The van der Waals surface area contributed by atoms with E-state index in [1.807, 2.05) is 0 Å². The molecule has 0 unspecified atom stereocenters. The zero-order chi connectivity index (χ0) is 18.5. The van der Waals surface area contributed by atoms with Crippen LogP contribution in [0.4, 0.5) is 13.2 Å². The van der Waals surface area contributed by atoms with Crippen LogP contribution in [0.25, 0.3) is 0 Å². The predicted molar refractivity (Wildman–Crippen MR) is 84.6 cm³/mol. The van der Waals surface area contributed by atoms with Crippen molar-refractivity contribution in [2.45, 2.75) is 30.8 Å². The molecule has 0 spiro atoms. The molecule has 1 aromatic carbocycles. The Bertz CT molecular complexity index is 693. The van der Waals surface area contributed by atoms with E-state index in [0.717, 1.165) is 6.07 Å². The molecule has 5 nitrogen and oxygen atoms in total. The van der Waals surface area contributed by atoms with Gasteiger partial charge in [0.15, 0.2) is 0 Å². The number of hydrogen-bond donors (Lipinski definition) is 1. The molecular weight excluding hydrogens is 369 g/mol. The summed E-state index contributed by atoms with van der Waals surface area (Å²) in [7, 11) is -2.67. The molecular formula is C14H18ClF3N2O3S. The van der Waals surface area contributed by atoms with Crippen LogP contribution in [-0.4, -0.2) is 45.5 Å². The molecule has 0 saturated heterocycles. The number of carbonyl (C=O) groups is 1. The summed E-state index contributed by atoms with van der Waals surface area (Å²) in [4.78, 5) is 12.8. The van der Waals surface area contributed by atoms with Crippen molar-refractivity contribution in [2.75, 3.05) is 20.1 Å². The minimum atomic E-state index is -4.56. The molecule has 1 rings (SSSR count). The lowest BCUT2D eigenvalue weighted by atomic mass is 10.2. The van der Waals surface area contributed by atoms with E-state index in [1.165, 1.54) is 19.2 Å². The summed E-state index contributed by atoms with van der Waals surface area (Å²) >= 11 is 5.89. The summed E-state index contributed by atoms with van der Waals surface area (Å²) in [5.41, 5.74) is -0.284. The fourth-order valence-electron chi connectivity index (χ4n) is 1.94. The second-order valence-electron chi connectivity index (χ2n) is 5.04. The van der Waals surface area contributed by atoms with Gasteiger partial charge in [0.1, 0.15) is 6.54 Å². The Morgan fingerprint density at radius 3 is 2.46 bits per heavy atom. The van der Waals surface area contributed by atoms with Gasteiger partial charge < -0.3 is 4.90 Å². The molecule has 0 atom stereocenters. The van der Waals surface area contributed by atoms with Crippen molar-refractivity contribution >= 4 is 27.5 Å². The number of nitrogens with one attached hydrogen (secondary N) is 1. The lowest BCUT2D eigenvalue weighted by Crippen LogP contribution is -2.39. The van der Waals surface area contributed by atoms with Gasteiger partial charge in [0.2, 0.25) is 10.0 Å². The zero-order valence-electron chi connectivity index (χ0n) is 13.2. The average molecular weight is 387 g/mol. The van der Waals surface area contributed by atoms with Crippen molar-refractivity contribution in [1.29, 1.82) is 0 Å². The van der Waals surface area contributed by atoms with Crippen LogP contribution in [0.3, 0.4) is 0 Å². The van der Waals surface area contributed by atoms with Crippen molar-refractivity contribution in [3.05, 3.63) is 28.8 Å². The number of nitrogens with zero attached hydrogens (tertiary/aromatic N) is 1. The third kappa shape index (κ3) is 5.64. The predicted octanol–water partition coefficient (Wildman–Crippen LogP) is 3.05. The molecule has 0 aliphatic carbocycles. The quantitative estimate of drug-likeness (QED) is 0.783. The summed E-state index contributed by atoms with van der Waals surface area (Å²) in [5, 5.41) is -0.112. The highest BCUT2D eigenvalue weighted by molar-refractivity contribution is 7.89. The van der Waals surface area contributed by atoms with Crippen LogP contribution in [0.1, 0.15) is 30.1 Å². The van der Waals surface area contributed by atoms with Crippen molar-refractivity contribution in [3.63, 3.8) is 0 Å². The first-order valence-corrected chi connectivity index (χ1v) is 8.97. The summed E-state index contributed by atoms with van der Waals surface area (Å²) in [6, 6.07) is 3.32. The molecule has 1 amide bonds. The Morgan fingerprint density at radius 1 is 1.33 bits per heavy atom. The molecule has 0 heterocycles. The van der Waals surface area contributed by atoms with E-state index in [-0.39, 0.29) is 22.0 Å². The second-order valence-corrected chi connectivity index (χ2v) is 7.34. The van der Waals surface area contributed by atoms with Gasteiger partial charge in [-0.3, -0.25) is 4.79 Å².